The van der Waals surface area contributed by atoms with Crippen molar-refractivity contribution in [1.29, 1.82) is 0 Å². The van der Waals surface area contributed by atoms with E-state index in [1.165, 1.54) is 24.5 Å². The minimum absolute atomic E-state index is 0.0643. The predicted octanol–water partition coefficient (Wildman–Crippen LogP) is 4.02. The molecule has 1 spiro atoms. The zero-order valence-corrected chi connectivity index (χ0v) is 18.3. The smallest absolute Gasteiger partial charge is 0.269 e. The van der Waals surface area contributed by atoms with E-state index in [1.807, 2.05) is 4.90 Å². The number of carbonyl (C=O) groups is 2. The highest BCUT2D eigenvalue weighted by molar-refractivity contribution is 6.31. The summed E-state index contributed by atoms with van der Waals surface area (Å²) in [6.07, 6.45) is 3.06. The number of hydrogen-bond acceptors (Lipinski definition) is 6. The minimum atomic E-state index is -1.31. The van der Waals surface area contributed by atoms with Crippen molar-refractivity contribution in [3.05, 3.63) is 98.8 Å². The van der Waals surface area contributed by atoms with Crippen LogP contribution in [0.3, 0.4) is 0 Å². The first-order valence-electron chi connectivity index (χ1n) is 10.4. The van der Waals surface area contributed by atoms with Gasteiger partial charge in [-0.15, -0.1) is 0 Å². The number of halogens is 1. The number of nitro benzene ring substituents is 1. The van der Waals surface area contributed by atoms with Gasteiger partial charge >= 0.3 is 0 Å². The predicted molar refractivity (Wildman–Crippen MR) is 122 cm³/mol. The Hall–Kier alpha value is -3.62. The zero-order chi connectivity index (χ0) is 23.3. The van der Waals surface area contributed by atoms with Gasteiger partial charge in [0.15, 0.2) is 5.78 Å². The molecule has 3 aromatic rings. The van der Waals surface area contributed by atoms with Gasteiger partial charge in [0.05, 0.1) is 10.8 Å². The topological polar surface area (TPSA) is 105 Å². The number of nitrogens with zero attached hydrogens (tertiary/aromatic N) is 3. The molecule has 0 radical (unpaired) electrons. The number of Topliss-reactive ketones (excluding diaryl/α,β-unsaturated/α-hetero) is 1. The molecule has 2 aliphatic heterocycles. The number of likely N-dealkylation sites (N-methyl/N-ethyl adjacent to an activating group) is 1. The fourth-order valence-corrected chi connectivity index (χ4v) is 5.45. The number of likely N-dealkylation sites (tertiary alicyclic amines) is 1. The van der Waals surface area contributed by atoms with Crippen molar-refractivity contribution in [2.45, 2.75) is 11.5 Å². The van der Waals surface area contributed by atoms with Gasteiger partial charge in [-0.1, -0.05) is 23.7 Å². The fourth-order valence-electron chi connectivity index (χ4n) is 5.28. The van der Waals surface area contributed by atoms with Crippen LogP contribution in [-0.2, 0) is 10.3 Å². The molecule has 0 saturated carbocycles. The third-order valence-corrected chi connectivity index (χ3v) is 6.90. The second-order valence-electron chi connectivity index (χ2n) is 8.33. The number of fused-ring (bicyclic) bond motifs is 2. The lowest BCUT2D eigenvalue weighted by Gasteiger charge is -2.35. The van der Waals surface area contributed by atoms with Crippen molar-refractivity contribution in [2.75, 3.05) is 18.9 Å². The molecular formula is C24H19ClN4O4. The molecule has 3 atom stereocenters. The Labute approximate surface area is 194 Å². The molecule has 3 unspecified atom stereocenters. The molecule has 33 heavy (non-hydrogen) atoms. The molecule has 2 aromatic carbocycles. The fraction of sp³-hybridized carbons (Fsp3) is 0.208. The number of benzene rings is 2. The summed E-state index contributed by atoms with van der Waals surface area (Å²) >= 11 is 6.31. The van der Waals surface area contributed by atoms with E-state index in [4.69, 9.17) is 11.6 Å². The summed E-state index contributed by atoms with van der Waals surface area (Å²) in [5.74, 6) is -1.86. The molecule has 8 nitrogen and oxygen atoms in total. The van der Waals surface area contributed by atoms with Crippen LogP contribution in [0.25, 0.3) is 0 Å². The molecule has 0 bridgehead atoms. The van der Waals surface area contributed by atoms with Gasteiger partial charge in [-0.3, -0.25) is 29.6 Å². The molecular weight excluding hydrogens is 444 g/mol. The standard InChI is InChI=1S/C24H19ClN4O4/c1-28-13-18(15-3-2-4-17(11-15)29(32)33)21(22(30)14-7-9-26-10-8-14)24(28)19-12-16(25)5-6-20(19)27-23(24)31/h2-12,18,21H,13H2,1H3,(H,27,31). The molecule has 0 aliphatic carbocycles. The van der Waals surface area contributed by atoms with E-state index in [1.54, 1.807) is 49.5 Å². The van der Waals surface area contributed by atoms with Gasteiger partial charge in [0.25, 0.3) is 5.69 Å². The van der Waals surface area contributed by atoms with Crippen LogP contribution in [0, 0.1) is 16.0 Å². The van der Waals surface area contributed by atoms with E-state index in [-0.39, 0.29) is 17.4 Å². The summed E-state index contributed by atoms with van der Waals surface area (Å²) in [5.41, 5.74) is 0.902. The lowest BCUT2D eigenvalue weighted by molar-refractivity contribution is -0.384. The van der Waals surface area contributed by atoms with E-state index in [9.17, 15) is 19.7 Å². The number of amides is 1. The Bertz CT molecular complexity index is 1300. The normalized spacial score (nSPS) is 24.0. The van der Waals surface area contributed by atoms with Crippen LogP contribution in [0.2, 0.25) is 5.02 Å². The number of rotatable bonds is 4. The lowest BCUT2D eigenvalue weighted by atomic mass is 9.70. The summed E-state index contributed by atoms with van der Waals surface area (Å²) in [5, 5.41) is 14.8. The molecule has 9 heteroatoms. The summed E-state index contributed by atoms with van der Waals surface area (Å²) in [4.78, 5) is 44.4. The van der Waals surface area contributed by atoms with Crippen LogP contribution < -0.4 is 5.32 Å². The Kier molecular flexibility index (Phi) is 4.99. The Morgan fingerprint density at radius 3 is 2.70 bits per heavy atom. The van der Waals surface area contributed by atoms with Crippen molar-refractivity contribution < 1.29 is 14.5 Å². The summed E-state index contributed by atoms with van der Waals surface area (Å²) in [6, 6.07) is 14.6. The summed E-state index contributed by atoms with van der Waals surface area (Å²) < 4.78 is 0. The maximum absolute atomic E-state index is 14.0. The maximum atomic E-state index is 14.0. The molecule has 1 aromatic heterocycles. The highest BCUT2D eigenvalue weighted by Gasteiger charge is 2.64. The molecule has 5 rings (SSSR count). The zero-order valence-electron chi connectivity index (χ0n) is 17.6. The molecule has 1 amide bonds. The lowest BCUT2D eigenvalue weighted by Crippen LogP contribution is -2.51. The molecule has 2 aliphatic rings. The molecule has 1 N–H and O–H groups in total. The Balaban J connectivity index is 1.74. The second kappa shape index (κ2) is 7.75. The number of non-ortho nitro benzene ring substituents is 1. The third-order valence-electron chi connectivity index (χ3n) is 6.67. The number of nitrogens with one attached hydrogen (secondary N) is 1. The first-order valence-corrected chi connectivity index (χ1v) is 10.7. The third kappa shape index (κ3) is 3.13. The highest BCUT2D eigenvalue weighted by Crippen LogP contribution is 2.56. The van der Waals surface area contributed by atoms with Gasteiger partial charge in [-0.25, -0.2) is 0 Å². The number of pyridine rings is 1. The van der Waals surface area contributed by atoms with E-state index in [0.717, 1.165) is 0 Å². The van der Waals surface area contributed by atoms with Crippen LogP contribution in [-0.4, -0.2) is 40.1 Å². The van der Waals surface area contributed by atoms with Crippen LogP contribution in [0.15, 0.2) is 67.0 Å². The largest absolute Gasteiger partial charge is 0.324 e. The molecule has 1 saturated heterocycles. The average molecular weight is 463 g/mol. The van der Waals surface area contributed by atoms with E-state index in [2.05, 4.69) is 10.3 Å². The van der Waals surface area contributed by atoms with E-state index >= 15 is 0 Å². The van der Waals surface area contributed by atoms with Crippen LogP contribution >= 0.6 is 11.6 Å². The van der Waals surface area contributed by atoms with Crippen molar-refractivity contribution in [2.24, 2.45) is 5.92 Å². The van der Waals surface area contributed by atoms with E-state index < -0.39 is 22.3 Å². The quantitative estimate of drug-likeness (QED) is 0.356. The number of anilines is 1. The summed E-state index contributed by atoms with van der Waals surface area (Å²) in [6.45, 7) is 0.349. The van der Waals surface area contributed by atoms with Gasteiger partial charge in [-0.05, 0) is 42.9 Å². The van der Waals surface area contributed by atoms with E-state index in [0.29, 0.717) is 33.9 Å². The van der Waals surface area contributed by atoms with Gasteiger partial charge in [0.1, 0.15) is 5.54 Å². The molecule has 166 valence electrons. The van der Waals surface area contributed by atoms with Crippen LogP contribution in [0.5, 0.6) is 0 Å². The first kappa shape index (κ1) is 21.2. The van der Waals surface area contributed by atoms with Gasteiger partial charge in [-0.2, -0.15) is 0 Å². The summed E-state index contributed by atoms with van der Waals surface area (Å²) in [7, 11) is 1.79. The van der Waals surface area contributed by atoms with Crippen LogP contribution in [0.4, 0.5) is 11.4 Å². The highest BCUT2D eigenvalue weighted by atomic mass is 35.5. The van der Waals surface area contributed by atoms with Gasteiger partial charge in [0.2, 0.25) is 5.91 Å². The first-order chi connectivity index (χ1) is 15.8. The number of aromatic nitrogens is 1. The number of carbonyl (C=O) groups excluding carboxylic acids is 2. The van der Waals surface area contributed by atoms with Crippen molar-refractivity contribution in [1.82, 2.24) is 9.88 Å². The monoisotopic (exact) mass is 462 g/mol. The minimum Gasteiger partial charge on any atom is -0.324 e. The second-order valence-corrected chi connectivity index (χ2v) is 8.76. The Morgan fingerprint density at radius 1 is 1.21 bits per heavy atom. The Morgan fingerprint density at radius 2 is 1.97 bits per heavy atom. The SMILES string of the molecule is CN1CC(c2cccc([N+](=O)[O-])c2)C(C(=O)c2ccncc2)C12C(=O)Nc1ccc(Cl)cc12. The number of ketones is 1. The maximum Gasteiger partial charge on any atom is 0.269 e. The molecule has 1 fully saturated rings. The van der Waals surface area contributed by atoms with Crippen molar-refractivity contribution in [3.8, 4) is 0 Å². The molecule has 3 heterocycles. The number of hydrogen-bond donors (Lipinski definition) is 1. The average Bonchev–Trinajstić information content (AvgIpc) is 3.29. The number of nitro groups is 1. The van der Waals surface area contributed by atoms with Gasteiger partial charge in [0, 0.05) is 58.8 Å². The van der Waals surface area contributed by atoms with Crippen LogP contribution in [0.1, 0.15) is 27.4 Å². The van der Waals surface area contributed by atoms with Crippen molar-refractivity contribution >= 4 is 34.7 Å². The van der Waals surface area contributed by atoms with Crippen molar-refractivity contribution in [3.63, 3.8) is 0 Å². The van der Waals surface area contributed by atoms with Gasteiger partial charge < -0.3 is 5.32 Å².